The lowest BCUT2D eigenvalue weighted by Gasteiger charge is -2.14. The highest BCUT2D eigenvalue weighted by Gasteiger charge is 2.33. The number of nitrogens with one attached hydrogen (secondary N) is 2. The van der Waals surface area contributed by atoms with E-state index in [1.54, 1.807) is 6.92 Å². The number of rotatable bonds is 6. The molecule has 1 aromatic heterocycles. The molecule has 156 valence electrons. The first-order valence-corrected chi connectivity index (χ1v) is 9.10. The average molecular weight is 416 g/mol. The summed E-state index contributed by atoms with van der Waals surface area (Å²) in [6.45, 7) is 1.91. The van der Waals surface area contributed by atoms with Crippen LogP contribution in [0.5, 0.6) is 0 Å². The average Bonchev–Trinajstić information content (AvgIpc) is 3.23. The minimum absolute atomic E-state index is 0.268. The van der Waals surface area contributed by atoms with E-state index in [0.29, 0.717) is 12.2 Å². The molecule has 0 bridgehead atoms. The molecule has 0 aliphatic carbocycles. The molecule has 2 N–H and O–H groups in total. The lowest BCUT2D eigenvalue weighted by molar-refractivity contribution is -0.141. The van der Waals surface area contributed by atoms with Gasteiger partial charge in [-0.3, -0.25) is 9.59 Å². The molecule has 1 atom stereocenters. The van der Waals surface area contributed by atoms with Gasteiger partial charge in [-0.05, 0) is 42.8 Å². The Hall–Kier alpha value is -3.62. The van der Waals surface area contributed by atoms with Gasteiger partial charge in [0.25, 0.3) is 5.91 Å². The molecule has 9 heteroatoms. The Labute approximate surface area is 170 Å². The number of amides is 2. The Morgan fingerprint density at radius 1 is 1.03 bits per heavy atom. The fourth-order valence-corrected chi connectivity index (χ4v) is 2.67. The van der Waals surface area contributed by atoms with Crippen molar-refractivity contribution in [1.82, 2.24) is 20.4 Å². The van der Waals surface area contributed by atoms with E-state index in [0.717, 1.165) is 16.3 Å². The number of carbonyl (C=O) groups is 2. The van der Waals surface area contributed by atoms with E-state index >= 15 is 0 Å². The summed E-state index contributed by atoms with van der Waals surface area (Å²) in [5.74, 6) is -0.805. The van der Waals surface area contributed by atoms with Crippen LogP contribution in [0.4, 0.5) is 13.2 Å². The number of alkyl halides is 3. The zero-order chi connectivity index (χ0) is 21.7. The summed E-state index contributed by atoms with van der Waals surface area (Å²) in [4.78, 5) is 24.5. The maximum absolute atomic E-state index is 12.7. The first-order valence-electron chi connectivity index (χ1n) is 9.10. The number of halogens is 3. The van der Waals surface area contributed by atoms with Gasteiger partial charge in [0.05, 0.1) is 5.69 Å². The number of carbonyl (C=O) groups excluding carboxylic acids is 2. The fourth-order valence-electron chi connectivity index (χ4n) is 2.67. The third kappa shape index (κ3) is 5.25. The van der Waals surface area contributed by atoms with Crippen LogP contribution >= 0.6 is 0 Å². The van der Waals surface area contributed by atoms with Gasteiger partial charge < -0.3 is 10.6 Å². The van der Waals surface area contributed by atoms with E-state index in [4.69, 9.17) is 0 Å². The van der Waals surface area contributed by atoms with Gasteiger partial charge in [0, 0.05) is 18.3 Å². The molecule has 2 aromatic carbocycles. The van der Waals surface area contributed by atoms with Crippen LogP contribution in [0.25, 0.3) is 5.69 Å². The molecule has 0 saturated heterocycles. The van der Waals surface area contributed by atoms with Crippen LogP contribution in [0, 0.1) is 0 Å². The van der Waals surface area contributed by atoms with E-state index in [9.17, 15) is 22.8 Å². The highest BCUT2D eigenvalue weighted by Crippen LogP contribution is 2.27. The molecule has 0 aliphatic heterocycles. The Kier molecular flexibility index (Phi) is 6.20. The first kappa shape index (κ1) is 21.1. The van der Waals surface area contributed by atoms with Gasteiger partial charge in [0.2, 0.25) is 5.91 Å². The van der Waals surface area contributed by atoms with Crippen molar-refractivity contribution < 1.29 is 22.8 Å². The number of aromatic nitrogens is 2. The molecule has 6 nitrogen and oxygen atoms in total. The predicted octanol–water partition coefficient (Wildman–Crippen LogP) is 3.33. The molecular formula is C21H19F3N4O2. The molecule has 0 spiro atoms. The van der Waals surface area contributed by atoms with Crippen molar-refractivity contribution in [2.75, 3.05) is 0 Å². The maximum atomic E-state index is 12.7. The van der Waals surface area contributed by atoms with Crippen molar-refractivity contribution in [2.24, 2.45) is 0 Å². The van der Waals surface area contributed by atoms with Crippen molar-refractivity contribution in [3.05, 3.63) is 83.7 Å². The van der Waals surface area contributed by atoms with Crippen molar-refractivity contribution >= 4 is 11.8 Å². The lowest BCUT2D eigenvalue weighted by Crippen LogP contribution is -2.44. The van der Waals surface area contributed by atoms with Crippen LogP contribution in [-0.2, 0) is 17.5 Å². The second-order valence-electron chi connectivity index (χ2n) is 6.59. The third-order valence-electron chi connectivity index (χ3n) is 4.32. The molecule has 0 fully saturated rings. The van der Waals surface area contributed by atoms with Gasteiger partial charge in [-0.1, -0.05) is 30.3 Å². The molecular weight excluding hydrogens is 397 g/mol. The van der Waals surface area contributed by atoms with Gasteiger partial charge in [0.15, 0.2) is 5.69 Å². The molecule has 30 heavy (non-hydrogen) atoms. The van der Waals surface area contributed by atoms with Crippen LogP contribution in [0.3, 0.4) is 0 Å². The summed E-state index contributed by atoms with van der Waals surface area (Å²) in [5, 5.41) is 8.82. The largest absolute Gasteiger partial charge is 0.435 e. The highest BCUT2D eigenvalue weighted by atomic mass is 19.4. The van der Waals surface area contributed by atoms with Crippen molar-refractivity contribution in [3.8, 4) is 5.69 Å². The van der Waals surface area contributed by atoms with Gasteiger partial charge in [-0.2, -0.15) is 18.3 Å². The smallest absolute Gasteiger partial charge is 0.350 e. The lowest BCUT2D eigenvalue weighted by atomic mass is 10.1. The fraction of sp³-hybridized carbons (Fsp3) is 0.190. The van der Waals surface area contributed by atoms with Crippen LogP contribution in [0.2, 0.25) is 0 Å². The molecule has 1 unspecified atom stereocenters. The van der Waals surface area contributed by atoms with Gasteiger partial charge in [-0.15, -0.1) is 0 Å². The van der Waals surface area contributed by atoms with E-state index < -0.39 is 23.8 Å². The molecule has 0 radical (unpaired) electrons. The van der Waals surface area contributed by atoms with Gasteiger partial charge >= 0.3 is 6.18 Å². The van der Waals surface area contributed by atoms with Crippen molar-refractivity contribution in [3.63, 3.8) is 0 Å². The number of benzene rings is 2. The summed E-state index contributed by atoms with van der Waals surface area (Å²) in [5.41, 5.74) is 0.576. The van der Waals surface area contributed by atoms with Crippen LogP contribution < -0.4 is 10.6 Å². The van der Waals surface area contributed by atoms with Gasteiger partial charge in [0.1, 0.15) is 6.04 Å². The van der Waals surface area contributed by atoms with Crippen molar-refractivity contribution in [2.45, 2.75) is 25.7 Å². The second kappa shape index (κ2) is 8.81. The quantitative estimate of drug-likeness (QED) is 0.647. The predicted molar refractivity (Wildman–Crippen MR) is 104 cm³/mol. The van der Waals surface area contributed by atoms with E-state index in [-0.39, 0.29) is 11.5 Å². The first-order chi connectivity index (χ1) is 14.2. The Morgan fingerprint density at radius 3 is 2.30 bits per heavy atom. The van der Waals surface area contributed by atoms with Crippen LogP contribution in [0.15, 0.2) is 66.9 Å². The molecule has 0 saturated carbocycles. The number of nitrogens with zero attached hydrogens (tertiary/aromatic N) is 2. The zero-order valence-electron chi connectivity index (χ0n) is 16.0. The third-order valence-corrected chi connectivity index (χ3v) is 4.32. The minimum Gasteiger partial charge on any atom is -0.350 e. The molecule has 2 amide bonds. The molecule has 1 heterocycles. The van der Waals surface area contributed by atoms with Crippen LogP contribution in [-0.4, -0.2) is 27.6 Å². The monoisotopic (exact) mass is 416 g/mol. The zero-order valence-corrected chi connectivity index (χ0v) is 16.0. The molecule has 3 aromatic rings. The summed E-state index contributed by atoms with van der Waals surface area (Å²) >= 11 is 0. The van der Waals surface area contributed by atoms with E-state index in [1.165, 1.54) is 30.5 Å². The Balaban J connectivity index is 1.57. The number of hydrogen-bond donors (Lipinski definition) is 2. The summed E-state index contributed by atoms with van der Waals surface area (Å²) in [6, 6.07) is 15.3. The minimum atomic E-state index is -4.53. The maximum Gasteiger partial charge on any atom is 0.435 e. The van der Waals surface area contributed by atoms with E-state index in [1.807, 2.05) is 30.3 Å². The SMILES string of the molecule is CC(NC(=O)c1ccc(-n2ccc(C(F)(F)F)n2)cc1)C(=O)NCc1ccccc1. The van der Waals surface area contributed by atoms with Crippen molar-refractivity contribution in [1.29, 1.82) is 0 Å². The summed E-state index contributed by atoms with van der Waals surface area (Å²) in [6.07, 6.45) is -3.33. The summed E-state index contributed by atoms with van der Waals surface area (Å²) < 4.78 is 39.1. The summed E-state index contributed by atoms with van der Waals surface area (Å²) in [7, 11) is 0. The second-order valence-corrected chi connectivity index (χ2v) is 6.59. The van der Waals surface area contributed by atoms with E-state index in [2.05, 4.69) is 15.7 Å². The Morgan fingerprint density at radius 2 is 1.70 bits per heavy atom. The normalized spacial score (nSPS) is 12.3. The Bertz CT molecular complexity index is 1010. The standard InChI is InChI=1S/C21H19F3N4O2/c1-14(19(29)25-13-15-5-3-2-4-6-15)26-20(30)16-7-9-17(10-8-16)28-12-11-18(27-28)21(22,23)24/h2-12,14H,13H2,1H3,(H,25,29)(H,26,30). The molecule has 3 rings (SSSR count). The topological polar surface area (TPSA) is 76.0 Å². The van der Waals surface area contributed by atoms with Crippen LogP contribution in [0.1, 0.15) is 28.5 Å². The number of hydrogen-bond acceptors (Lipinski definition) is 3. The van der Waals surface area contributed by atoms with Gasteiger partial charge in [-0.25, -0.2) is 4.68 Å². The molecule has 0 aliphatic rings. The highest BCUT2D eigenvalue weighted by molar-refractivity contribution is 5.97.